The lowest BCUT2D eigenvalue weighted by atomic mass is 10.1. The van der Waals surface area contributed by atoms with E-state index < -0.39 is 0 Å². The fourth-order valence-corrected chi connectivity index (χ4v) is 2.31. The zero-order valence-corrected chi connectivity index (χ0v) is 11.0. The molecule has 0 radical (unpaired) electrons. The molecule has 1 saturated heterocycles. The largest absolute Gasteiger partial charge is 0.353 e. The topological polar surface area (TPSA) is 58.9 Å². The number of hydrogen-bond acceptors (Lipinski definition) is 5. The van der Waals surface area contributed by atoms with Gasteiger partial charge in [0.05, 0.1) is 11.6 Å². The standard InChI is InChI=1S/C12H18N6/c1-8(2)18-12-10(4-16-18)11(14-7-15-12)17-5-9(6-17)13-3/h4,7-9,13H,5-6H2,1-3H3. The average Bonchev–Trinajstić information content (AvgIpc) is 2.72. The van der Waals surface area contributed by atoms with Crippen LogP contribution < -0.4 is 10.2 Å². The Morgan fingerprint density at radius 1 is 1.33 bits per heavy atom. The molecular formula is C12H18N6. The van der Waals surface area contributed by atoms with Gasteiger partial charge in [0.15, 0.2) is 5.65 Å². The minimum atomic E-state index is 0.312. The van der Waals surface area contributed by atoms with Gasteiger partial charge in [0.2, 0.25) is 0 Å². The summed E-state index contributed by atoms with van der Waals surface area (Å²) in [5.41, 5.74) is 0.919. The van der Waals surface area contributed by atoms with E-state index >= 15 is 0 Å². The van der Waals surface area contributed by atoms with Gasteiger partial charge in [0, 0.05) is 25.2 Å². The summed E-state index contributed by atoms with van der Waals surface area (Å²) in [6, 6.07) is 0.877. The molecule has 96 valence electrons. The molecule has 1 fully saturated rings. The summed E-state index contributed by atoms with van der Waals surface area (Å²) in [6.07, 6.45) is 3.50. The van der Waals surface area contributed by atoms with Gasteiger partial charge in [-0.15, -0.1) is 0 Å². The zero-order valence-electron chi connectivity index (χ0n) is 11.0. The number of nitrogens with one attached hydrogen (secondary N) is 1. The highest BCUT2D eigenvalue weighted by Gasteiger charge is 2.28. The highest BCUT2D eigenvalue weighted by molar-refractivity contribution is 5.87. The molecule has 3 rings (SSSR count). The number of likely N-dealkylation sites (N-methyl/N-ethyl adjacent to an activating group) is 1. The van der Waals surface area contributed by atoms with Crippen LogP contribution in [0.15, 0.2) is 12.5 Å². The van der Waals surface area contributed by atoms with Gasteiger partial charge in [0.25, 0.3) is 0 Å². The Labute approximate surface area is 106 Å². The molecule has 0 aliphatic carbocycles. The minimum Gasteiger partial charge on any atom is -0.353 e. The van der Waals surface area contributed by atoms with Gasteiger partial charge >= 0.3 is 0 Å². The van der Waals surface area contributed by atoms with Crippen molar-refractivity contribution in [3.63, 3.8) is 0 Å². The van der Waals surface area contributed by atoms with Crippen molar-refractivity contribution < 1.29 is 0 Å². The first-order valence-electron chi connectivity index (χ1n) is 6.31. The summed E-state index contributed by atoms with van der Waals surface area (Å²) in [4.78, 5) is 11.0. The van der Waals surface area contributed by atoms with Crippen LogP contribution in [0, 0.1) is 0 Å². The molecular weight excluding hydrogens is 228 g/mol. The third-order valence-corrected chi connectivity index (χ3v) is 3.45. The lowest BCUT2D eigenvalue weighted by Crippen LogP contribution is -2.57. The maximum atomic E-state index is 4.41. The molecule has 0 amide bonds. The Balaban J connectivity index is 1.99. The van der Waals surface area contributed by atoms with Gasteiger partial charge in [-0.25, -0.2) is 14.6 Å². The van der Waals surface area contributed by atoms with E-state index in [0.29, 0.717) is 12.1 Å². The van der Waals surface area contributed by atoms with Crippen molar-refractivity contribution in [2.45, 2.75) is 25.9 Å². The van der Waals surface area contributed by atoms with Crippen LogP contribution in [0.3, 0.4) is 0 Å². The second kappa shape index (κ2) is 4.20. The SMILES string of the molecule is CNC1CN(c2ncnc3c2cnn3C(C)C)C1. The van der Waals surface area contributed by atoms with Crippen molar-refractivity contribution in [3.05, 3.63) is 12.5 Å². The van der Waals surface area contributed by atoms with Crippen molar-refractivity contribution in [1.29, 1.82) is 0 Å². The van der Waals surface area contributed by atoms with Gasteiger partial charge in [-0.05, 0) is 20.9 Å². The monoisotopic (exact) mass is 246 g/mol. The molecule has 6 heteroatoms. The highest BCUT2D eigenvalue weighted by atomic mass is 15.3. The smallest absolute Gasteiger partial charge is 0.163 e. The zero-order chi connectivity index (χ0) is 12.7. The number of aromatic nitrogens is 4. The summed E-state index contributed by atoms with van der Waals surface area (Å²) in [5, 5.41) is 8.72. The molecule has 2 aromatic heterocycles. The number of rotatable bonds is 3. The van der Waals surface area contributed by atoms with Crippen LogP contribution >= 0.6 is 0 Å². The number of anilines is 1. The van der Waals surface area contributed by atoms with E-state index in [0.717, 1.165) is 29.9 Å². The Morgan fingerprint density at radius 2 is 2.11 bits per heavy atom. The molecule has 0 aromatic carbocycles. The highest BCUT2D eigenvalue weighted by Crippen LogP contribution is 2.27. The van der Waals surface area contributed by atoms with E-state index in [-0.39, 0.29) is 0 Å². The van der Waals surface area contributed by atoms with Crippen LogP contribution in [-0.4, -0.2) is 45.9 Å². The first kappa shape index (κ1) is 11.4. The van der Waals surface area contributed by atoms with Crippen LogP contribution in [0.4, 0.5) is 5.82 Å². The summed E-state index contributed by atoms with van der Waals surface area (Å²) in [7, 11) is 1.99. The third-order valence-electron chi connectivity index (χ3n) is 3.45. The average molecular weight is 246 g/mol. The Bertz CT molecular complexity index is 555. The van der Waals surface area contributed by atoms with Gasteiger partial charge in [-0.1, -0.05) is 0 Å². The predicted octanol–water partition coefficient (Wildman–Crippen LogP) is 0.815. The molecule has 1 aliphatic heterocycles. The maximum Gasteiger partial charge on any atom is 0.163 e. The second-order valence-corrected chi connectivity index (χ2v) is 5.01. The van der Waals surface area contributed by atoms with Crippen molar-refractivity contribution in [1.82, 2.24) is 25.1 Å². The summed E-state index contributed by atoms with van der Waals surface area (Å²) >= 11 is 0. The van der Waals surface area contributed by atoms with Crippen LogP contribution in [0.2, 0.25) is 0 Å². The van der Waals surface area contributed by atoms with Crippen molar-refractivity contribution in [2.24, 2.45) is 0 Å². The van der Waals surface area contributed by atoms with E-state index in [1.807, 2.05) is 17.9 Å². The maximum absolute atomic E-state index is 4.41. The van der Waals surface area contributed by atoms with E-state index in [1.54, 1.807) is 6.33 Å². The fourth-order valence-electron chi connectivity index (χ4n) is 2.31. The van der Waals surface area contributed by atoms with Crippen LogP contribution in [-0.2, 0) is 0 Å². The lowest BCUT2D eigenvalue weighted by molar-refractivity contribution is 0.448. The van der Waals surface area contributed by atoms with Crippen molar-refractivity contribution in [2.75, 3.05) is 25.0 Å². The second-order valence-electron chi connectivity index (χ2n) is 5.01. The van der Waals surface area contributed by atoms with E-state index in [9.17, 15) is 0 Å². The Morgan fingerprint density at radius 3 is 2.78 bits per heavy atom. The van der Waals surface area contributed by atoms with Crippen LogP contribution in [0.1, 0.15) is 19.9 Å². The van der Waals surface area contributed by atoms with Gasteiger partial charge in [-0.3, -0.25) is 0 Å². The quantitative estimate of drug-likeness (QED) is 0.868. The number of fused-ring (bicyclic) bond motifs is 1. The molecule has 1 N–H and O–H groups in total. The predicted molar refractivity (Wildman–Crippen MR) is 70.8 cm³/mol. The fraction of sp³-hybridized carbons (Fsp3) is 0.583. The Hall–Kier alpha value is -1.69. The summed E-state index contributed by atoms with van der Waals surface area (Å²) in [5.74, 6) is 0.999. The van der Waals surface area contributed by atoms with Crippen molar-refractivity contribution in [3.8, 4) is 0 Å². The Kier molecular flexibility index (Phi) is 2.66. The number of nitrogens with zero attached hydrogens (tertiary/aromatic N) is 5. The molecule has 18 heavy (non-hydrogen) atoms. The molecule has 6 nitrogen and oxygen atoms in total. The van der Waals surface area contributed by atoms with Gasteiger partial charge in [-0.2, -0.15) is 5.10 Å². The van der Waals surface area contributed by atoms with Gasteiger partial charge < -0.3 is 10.2 Å². The molecule has 0 unspecified atom stereocenters. The summed E-state index contributed by atoms with van der Waals surface area (Å²) < 4.78 is 1.94. The third kappa shape index (κ3) is 1.64. The van der Waals surface area contributed by atoms with Gasteiger partial charge in [0.1, 0.15) is 12.1 Å². The van der Waals surface area contributed by atoms with Crippen LogP contribution in [0.25, 0.3) is 11.0 Å². The van der Waals surface area contributed by atoms with Crippen LogP contribution in [0.5, 0.6) is 0 Å². The summed E-state index contributed by atoms with van der Waals surface area (Å²) in [6.45, 7) is 6.20. The minimum absolute atomic E-state index is 0.312. The lowest BCUT2D eigenvalue weighted by Gasteiger charge is -2.40. The number of hydrogen-bond donors (Lipinski definition) is 1. The van der Waals surface area contributed by atoms with E-state index in [2.05, 4.69) is 39.1 Å². The molecule has 0 spiro atoms. The van der Waals surface area contributed by atoms with E-state index in [4.69, 9.17) is 0 Å². The first-order valence-corrected chi connectivity index (χ1v) is 6.31. The molecule has 3 heterocycles. The molecule has 0 saturated carbocycles. The van der Waals surface area contributed by atoms with Crippen molar-refractivity contribution >= 4 is 16.9 Å². The molecule has 2 aromatic rings. The molecule has 0 atom stereocenters. The first-order chi connectivity index (χ1) is 8.70. The van der Waals surface area contributed by atoms with E-state index in [1.165, 1.54) is 0 Å². The normalized spacial score (nSPS) is 16.6. The molecule has 0 bridgehead atoms. The molecule has 1 aliphatic rings.